The summed E-state index contributed by atoms with van der Waals surface area (Å²) in [5.41, 5.74) is 2.50. The number of rotatable bonds is 7. The van der Waals surface area contributed by atoms with E-state index >= 15 is 0 Å². The number of nitro groups is 1. The third kappa shape index (κ3) is 5.09. The quantitative estimate of drug-likeness (QED) is 0.452. The lowest BCUT2D eigenvalue weighted by atomic mass is 9.96. The zero-order valence-electron chi connectivity index (χ0n) is 18.9. The molecule has 0 aromatic heterocycles. The van der Waals surface area contributed by atoms with E-state index in [4.69, 9.17) is 0 Å². The van der Waals surface area contributed by atoms with Gasteiger partial charge in [-0.3, -0.25) is 14.9 Å². The predicted octanol–water partition coefficient (Wildman–Crippen LogP) is 3.80. The van der Waals surface area contributed by atoms with Crippen LogP contribution in [-0.2, 0) is 21.4 Å². The van der Waals surface area contributed by atoms with E-state index in [1.165, 1.54) is 22.0 Å². The van der Waals surface area contributed by atoms with Crippen LogP contribution in [0.5, 0.6) is 0 Å². The molecule has 9 heteroatoms. The Hall–Kier alpha value is -2.78. The molecule has 1 heterocycles. The minimum atomic E-state index is -3.87. The SMILES string of the molecule is Cc1ccc(CN(C(=O)C2CCN(S(=O)(=O)c3cc([N+](=O)[O-])ccc3C)CC2)C2CC2)cc1. The first-order valence-electron chi connectivity index (χ1n) is 11.3. The monoisotopic (exact) mass is 471 g/mol. The fraction of sp³-hybridized carbons (Fsp3) is 0.458. The maximum atomic E-state index is 13.3. The Balaban J connectivity index is 1.44. The van der Waals surface area contributed by atoms with Gasteiger partial charge in [-0.25, -0.2) is 8.42 Å². The number of sulfonamides is 1. The molecule has 1 aliphatic carbocycles. The van der Waals surface area contributed by atoms with E-state index in [-0.39, 0.29) is 41.5 Å². The summed E-state index contributed by atoms with van der Waals surface area (Å²) in [6.07, 6.45) is 2.92. The van der Waals surface area contributed by atoms with Crippen molar-refractivity contribution in [2.24, 2.45) is 5.92 Å². The Morgan fingerprint density at radius 2 is 1.70 bits per heavy atom. The van der Waals surface area contributed by atoms with Gasteiger partial charge in [0, 0.05) is 43.7 Å². The maximum Gasteiger partial charge on any atom is 0.270 e. The van der Waals surface area contributed by atoms with Crippen molar-refractivity contribution in [3.8, 4) is 0 Å². The van der Waals surface area contributed by atoms with Crippen LogP contribution >= 0.6 is 0 Å². The van der Waals surface area contributed by atoms with E-state index in [9.17, 15) is 23.3 Å². The van der Waals surface area contributed by atoms with Crippen LogP contribution in [0, 0.1) is 29.9 Å². The molecule has 0 atom stereocenters. The summed E-state index contributed by atoms with van der Waals surface area (Å²) in [5, 5.41) is 11.1. The zero-order chi connectivity index (χ0) is 23.8. The van der Waals surface area contributed by atoms with Gasteiger partial charge >= 0.3 is 0 Å². The summed E-state index contributed by atoms with van der Waals surface area (Å²) in [6, 6.07) is 12.4. The second-order valence-corrected chi connectivity index (χ2v) is 11.0. The van der Waals surface area contributed by atoms with Gasteiger partial charge in [-0.15, -0.1) is 0 Å². The molecular formula is C24H29N3O5S. The minimum absolute atomic E-state index is 0.0412. The molecule has 176 valence electrons. The summed E-state index contributed by atoms with van der Waals surface area (Å²) in [4.78, 5) is 25.8. The molecule has 1 aliphatic heterocycles. The average Bonchev–Trinajstić information content (AvgIpc) is 3.63. The Bertz CT molecular complexity index is 1150. The van der Waals surface area contributed by atoms with Crippen LogP contribution in [0.15, 0.2) is 47.4 Å². The third-order valence-electron chi connectivity index (χ3n) is 6.55. The lowest BCUT2D eigenvalue weighted by molar-refractivity contribution is -0.385. The van der Waals surface area contributed by atoms with Gasteiger partial charge in [0.25, 0.3) is 5.69 Å². The lowest BCUT2D eigenvalue weighted by Gasteiger charge is -2.34. The Morgan fingerprint density at radius 3 is 2.27 bits per heavy atom. The molecule has 0 spiro atoms. The number of hydrogen-bond donors (Lipinski definition) is 0. The molecule has 1 amide bonds. The molecule has 2 aliphatic rings. The predicted molar refractivity (Wildman–Crippen MR) is 124 cm³/mol. The van der Waals surface area contributed by atoms with Gasteiger partial charge in [-0.2, -0.15) is 4.31 Å². The van der Waals surface area contributed by atoms with E-state index in [1.54, 1.807) is 6.92 Å². The van der Waals surface area contributed by atoms with Gasteiger partial charge in [0.1, 0.15) is 0 Å². The molecule has 0 radical (unpaired) electrons. The highest BCUT2D eigenvalue weighted by molar-refractivity contribution is 7.89. The molecule has 0 N–H and O–H groups in total. The number of nitrogens with zero attached hydrogens (tertiary/aromatic N) is 3. The van der Waals surface area contributed by atoms with Crippen molar-refractivity contribution in [2.75, 3.05) is 13.1 Å². The van der Waals surface area contributed by atoms with E-state index < -0.39 is 14.9 Å². The Morgan fingerprint density at radius 1 is 1.06 bits per heavy atom. The third-order valence-corrected chi connectivity index (χ3v) is 8.59. The van der Waals surface area contributed by atoms with Crippen molar-refractivity contribution in [1.29, 1.82) is 0 Å². The molecule has 1 saturated carbocycles. The smallest absolute Gasteiger partial charge is 0.270 e. The standard InChI is InChI=1S/C24H29N3O5S/c1-17-3-6-19(7-4-17)16-26(21-9-10-21)24(28)20-11-13-25(14-12-20)33(31,32)23-15-22(27(29)30)8-5-18(23)2/h3-8,15,20-21H,9-14,16H2,1-2H3. The average molecular weight is 472 g/mol. The molecular weight excluding hydrogens is 442 g/mol. The van der Waals surface area contributed by atoms with Crippen LogP contribution in [0.2, 0.25) is 0 Å². The number of hydrogen-bond acceptors (Lipinski definition) is 5. The molecule has 2 aromatic rings. The first-order valence-corrected chi connectivity index (χ1v) is 12.7. The summed E-state index contributed by atoms with van der Waals surface area (Å²) >= 11 is 0. The molecule has 2 fully saturated rings. The molecule has 1 saturated heterocycles. The lowest BCUT2D eigenvalue weighted by Crippen LogP contribution is -2.45. The van der Waals surface area contributed by atoms with Crippen molar-refractivity contribution in [2.45, 2.75) is 57.0 Å². The molecule has 0 unspecified atom stereocenters. The van der Waals surface area contributed by atoms with Gasteiger partial charge < -0.3 is 4.90 Å². The number of carbonyl (C=O) groups is 1. The van der Waals surface area contributed by atoms with Crippen LogP contribution in [0.3, 0.4) is 0 Å². The van der Waals surface area contributed by atoms with Gasteiger partial charge in [0.05, 0.1) is 9.82 Å². The number of piperidine rings is 1. The highest BCUT2D eigenvalue weighted by Crippen LogP contribution is 2.33. The number of non-ortho nitro benzene ring substituents is 1. The summed E-state index contributed by atoms with van der Waals surface area (Å²) < 4.78 is 27.7. The molecule has 8 nitrogen and oxygen atoms in total. The van der Waals surface area contributed by atoms with Crippen LogP contribution in [0.4, 0.5) is 5.69 Å². The normalized spacial score (nSPS) is 17.6. The fourth-order valence-electron chi connectivity index (χ4n) is 4.36. The second-order valence-electron chi connectivity index (χ2n) is 9.07. The summed E-state index contributed by atoms with van der Waals surface area (Å²) in [5.74, 6) is -0.115. The van der Waals surface area contributed by atoms with Crippen LogP contribution in [0.25, 0.3) is 0 Å². The van der Waals surface area contributed by atoms with Crippen molar-refractivity contribution in [1.82, 2.24) is 9.21 Å². The van der Waals surface area contributed by atoms with E-state index in [0.29, 0.717) is 24.9 Å². The topological polar surface area (TPSA) is 101 Å². The highest BCUT2D eigenvalue weighted by Gasteiger charge is 2.39. The first-order chi connectivity index (χ1) is 15.7. The molecule has 4 rings (SSSR count). The van der Waals surface area contributed by atoms with Crippen LogP contribution in [-0.4, -0.2) is 47.6 Å². The summed E-state index contributed by atoms with van der Waals surface area (Å²) in [7, 11) is -3.87. The highest BCUT2D eigenvalue weighted by atomic mass is 32.2. The summed E-state index contributed by atoms with van der Waals surface area (Å²) in [6.45, 7) is 4.69. The van der Waals surface area contributed by atoms with Crippen molar-refractivity contribution < 1.29 is 18.1 Å². The first kappa shape index (κ1) is 23.4. The zero-order valence-corrected chi connectivity index (χ0v) is 19.8. The number of amides is 1. The van der Waals surface area contributed by atoms with Crippen molar-refractivity contribution >= 4 is 21.6 Å². The Kier molecular flexibility index (Phi) is 6.54. The van der Waals surface area contributed by atoms with E-state index in [0.717, 1.165) is 24.5 Å². The number of nitro benzene ring substituents is 1. The van der Waals surface area contributed by atoms with E-state index in [2.05, 4.69) is 12.1 Å². The van der Waals surface area contributed by atoms with Crippen LogP contribution in [0.1, 0.15) is 42.4 Å². The molecule has 33 heavy (non-hydrogen) atoms. The number of aryl methyl sites for hydroxylation is 2. The maximum absolute atomic E-state index is 13.3. The van der Waals surface area contributed by atoms with Crippen molar-refractivity contribution in [3.63, 3.8) is 0 Å². The molecule has 0 bridgehead atoms. The second kappa shape index (κ2) is 9.23. The van der Waals surface area contributed by atoms with E-state index in [1.807, 2.05) is 24.0 Å². The van der Waals surface area contributed by atoms with Gasteiger partial charge in [0.15, 0.2) is 0 Å². The van der Waals surface area contributed by atoms with Gasteiger partial charge in [-0.05, 0) is 50.7 Å². The van der Waals surface area contributed by atoms with Crippen LogP contribution < -0.4 is 0 Å². The largest absolute Gasteiger partial charge is 0.335 e. The Labute approximate surface area is 194 Å². The fourth-order valence-corrected chi connectivity index (χ4v) is 6.07. The van der Waals surface area contributed by atoms with Gasteiger partial charge in [-0.1, -0.05) is 35.9 Å². The minimum Gasteiger partial charge on any atom is -0.335 e. The number of benzene rings is 2. The molecule has 2 aromatic carbocycles. The van der Waals surface area contributed by atoms with Gasteiger partial charge in [0.2, 0.25) is 15.9 Å². The number of carbonyl (C=O) groups excluding carboxylic acids is 1. The van der Waals surface area contributed by atoms with Crippen molar-refractivity contribution in [3.05, 3.63) is 69.3 Å².